The van der Waals surface area contributed by atoms with Crippen LogP contribution in [0.3, 0.4) is 0 Å². The third-order valence-corrected chi connectivity index (χ3v) is 11.5. The number of hydrogen-bond acceptors (Lipinski definition) is 5. The Kier molecular flexibility index (Phi) is 6.69. The van der Waals surface area contributed by atoms with Crippen LogP contribution >= 0.6 is 11.3 Å². The van der Waals surface area contributed by atoms with E-state index in [1.165, 1.54) is 47.8 Å². The molecule has 0 aliphatic heterocycles. The standard InChI is InChI=1S/C48H28N4S/c1-3-11-30(12-4-1)46-50-47(31-13-5-2-6-14-31)52-48(51-46)35-26-33(25-34(27-35)36-23-24-49-44-40-17-7-8-20-42(40)53-45(36)44)32-21-22-37-38-18-9-15-29-16-10-19-39(43(29)38)41(37)28-32/h1-28H. The highest BCUT2D eigenvalue weighted by Crippen LogP contribution is 2.49. The van der Waals surface area contributed by atoms with Gasteiger partial charge in [0.1, 0.15) is 0 Å². The predicted molar refractivity (Wildman–Crippen MR) is 220 cm³/mol. The molecule has 0 saturated carbocycles. The number of aromatic nitrogens is 4. The lowest BCUT2D eigenvalue weighted by Crippen LogP contribution is -2.00. The molecule has 3 heterocycles. The van der Waals surface area contributed by atoms with E-state index in [0.29, 0.717) is 17.5 Å². The summed E-state index contributed by atoms with van der Waals surface area (Å²) in [6.07, 6.45) is 1.93. The molecule has 0 atom stereocenters. The van der Waals surface area contributed by atoms with Gasteiger partial charge in [0.05, 0.1) is 10.2 Å². The van der Waals surface area contributed by atoms with E-state index in [9.17, 15) is 0 Å². The second kappa shape index (κ2) is 11.9. The van der Waals surface area contributed by atoms with Crippen molar-refractivity contribution in [2.24, 2.45) is 0 Å². The van der Waals surface area contributed by atoms with E-state index in [1.54, 1.807) is 11.3 Å². The van der Waals surface area contributed by atoms with Gasteiger partial charge in [0.2, 0.25) is 0 Å². The summed E-state index contributed by atoms with van der Waals surface area (Å²) in [5, 5.41) is 3.77. The van der Waals surface area contributed by atoms with E-state index in [0.717, 1.165) is 44.5 Å². The lowest BCUT2D eigenvalue weighted by atomic mass is 9.93. The molecular weight excluding hydrogens is 665 g/mol. The van der Waals surface area contributed by atoms with Crippen LogP contribution in [0.2, 0.25) is 0 Å². The molecule has 0 fully saturated rings. The molecule has 11 rings (SSSR count). The van der Waals surface area contributed by atoms with Crippen molar-refractivity contribution in [2.75, 3.05) is 0 Å². The van der Waals surface area contributed by atoms with Gasteiger partial charge in [-0.25, -0.2) is 15.0 Å². The van der Waals surface area contributed by atoms with E-state index >= 15 is 0 Å². The van der Waals surface area contributed by atoms with Crippen molar-refractivity contribution in [1.29, 1.82) is 0 Å². The average Bonchev–Trinajstić information content (AvgIpc) is 3.78. The first-order chi connectivity index (χ1) is 26.2. The van der Waals surface area contributed by atoms with E-state index in [2.05, 4.69) is 103 Å². The summed E-state index contributed by atoms with van der Waals surface area (Å²) in [6.45, 7) is 0. The predicted octanol–water partition coefficient (Wildman–Crippen LogP) is 12.8. The Bertz CT molecular complexity index is 3000. The molecule has 0 N–H and O–H groups in total. The quantitative estimate of drug-likeness (QED) is 0.180. The van der Waals surface area contributed by atoms with Crippen molar-refractivity contribution < 1.29 is 0 Å². The summed E-state index contributed by atoms with van der Waals surface area (Å²) < 4.78 is 2.39. The number of pyridine rings is 1. The van der Waals surface area contributed by atoms with Gasteiger partial charge in [-0.15, -0.1) is 11.3 Å². The second-order valence-electron chi connectivity index (χ2n) is 13.4. The van der Waals surface area contributed by atoms with Crippen LogP contribution in [0.4, 0.5) is 0 Å². The topological polar surface area (TPSA) is 51.6 Å². The molecule has 53 heavy (non-hydrogen) atoms. The molecule has 4 nitrogen and oxygen atoms in total. The zero-order valence-corrected chi connectivity index (χ0v) is 29.2. The molecule has 3 aromatic heterocycles. The highest BCUT2D eigenvalue weighted by atomic mass is 32.1. The highest BCUT2D eigenvalue weighted by Gasteiger charge is 2.22. The first kappa shape index (κ1) is 29.9. The maximum Gasteiger partial charge on any atom is 0.164 e. The van der Waals surface area contributed by atoms with Crippen molar-refractivity contribution in [3.8, 4) is 78.7 Å². The Morgan fingerprint density at radius 1 is 0.377 bits per heavy atom. The summed E-state index contributed by atoms with van der Waals surface area (Å²) >= 11 is 1.79. The van der Waals surface area contributed by atoms with Crippen LogP contribution < -0.4 is 0 Å². The van der Waals surface area contributed by atoms with E-state index in [1.807, 2.05) is 66.9 Å². The van der Waals surface area contributed by atoms with Crippen LogP contribution in [0.5, 0.6) is 0 Å². The first-order valence-corrected chi connectivity index (χ1v) is 18.5. The molecule has 0 amide bonds. The van der Waals surface area contributed by atoms with Crippen molar-refractivity contribution in [3.63, 3.8) is 0 Å². The average molecular weight is 693 g/mol. The second-order valence-corrected chi connectivity index (χ2v) is 14.5. The van der Waals surface area contributed by atoms with Crippen molar-refractivity contribution >= 4 is 42.4 Å². The third-order valence-electron chi connectivity index (χ3n) is 10.3. The molecule has 0 spiro atoms. The molecular formula is C48H28N4S. The molecule has 1 aliphatic rings. The lowest BCUT2D eigenvalue weighted by Gasteiger charge is -2.14. The number of nitrogens with zero attached hydrogens (tertiary/aromatic N) is 4. The number of fused-ring (bicyclic) bond motifs is 6. The number of hydrogen-bond donors (Lipinski definition) is 0. The minimum Gasteiger partial charge on any atom is -0.255 e. The maximum absolute atomic E-state index is 5.14. The zero-order chi connectivity index (χ0) is 34.9. The summed E-state index contributed by atoms with van der Waals surface area (Å²) in [6, 6.07) is 57.9. The Morgan fingerprint density at radius 3 is 1.74 bits per heavy atom. The third kappa shape index (κ3) is 4.90. The first-order valence-electron chi connectivity index (χ1n) is 17.7. The van der Waals surface area contributed by atoms with Gasteiger partial charge in [0, 0.05) is 38.5 Å². The van der Waals surface area contributed by atoms with Crippen LogP contribution in [-0.2, 0) is 0 Å². The SMILES string of the molecule is c1ccc(-c2nc(-c3ccccc3)nc(-c3cc(-c4ccc5c(c4)-c4cccc6cccc-5c46)cc(-c4ccnc5c4sc4ccccc45)c3)n2)cc1. The Hall–Kier alpha value is -6.82. The van der Waals surface area contributed by atoms with Crippen LogP contribution in [0.25, 0.3) is 110 Å². The largest absolute Gasteiger partial charge is 0.255 e. The zero-order valence-electron chi connectivity index (χ0n) is 28.4. The number of benzene rings is 7. The van der Waals surface area contributed by atoms with E-state index in [4.69, 9.17) is 19.9 Å². The molecule has 0 unspecified atom stereocenters. The van der Waals surface area contributed by atoms with Gasteiger partial charge in [-0.3, -0.25) is 4.98 Å². The van der Waals surface area contributed by atoms with E-state index < -0.39 is 0 Å². The van der Waals surface area contributed by atoms with Crippen LogP contribution in [0.15, 0.2) is 170 Å². The molecule has 10 aromatic rings. The van der Waals surface area contributed by atoms with Gasteiger partial charge in [-0.2, -0.15) is 0 Å². The highest BCUT2D eigenvalue weighted by molar-refractivity contribution is 7.26. The Labute approximate surface area is 309 Å². The number of thiophene rings is 1. The smallest absolute Gasteiger partial charge is 0.164 e. The van der Waals surface area contributed by atoms with Gasteiger partial charge in [-0.1, -0.05) is 127 Å². The Morgan fingerprint density at radius 2 is 1.00 bits per heavy atom. The fraction of sp³-hybridized carbons (Fsp3) is 0. The molecule has 7 aromatic carbocycles. The Balaban J connectivity index is 1.16. The lowest BCUT2D eigenvalue weighted by molar-refractivity contribution is 1.07. The monoisotopic (exact) mass is 692 g/mol. The number of rotatable bonds is 5. The van der Waals surface area contributed by atoms with Crippen molar-refractivity contribution in [1.82, 2.24) is 19.9 Å². The van der Waals surface area contributed by atoms with Gasteiger partial charge in [0.25, 0.3) is 0 Å². The molecule has 246 valence electrons. The summed E-state index contributed by atoms with van der Waals surface area (Å²) in [7, 11) is 0. The van der Waals surface area contributed by atoms with Crippen LogP contribution in [-0.4, -0.2) is 19.9 Å². The summed E-state index contributed by atoms with van der Waals surface area (Å²) in [5.74, 6) is 1.90. The van der Waals surface area contributed by atoms with Crippen molar-refractivity contribution in [2.45, 2.75) is 0 Å². The minimum atomic E-state index is 0.626. The fourth-order valence-electron chi connectivity index (χ4n) is 7.82. The summed E-state index contributed by atoms with van der Waals surface area (Å²) in [4.78, 5) is 20.1. The molecule has 0 saturated heterocycles. The fourth-order valence-corrected chi connectivity index (χ4v) is 9.02. The molecule has 0 radical (unpaired) electrons. The molecule has 5 heteroatoms. The van der Waals surface area contributed by atoms with Crippen LogP contribution in [0, 0.1) is 0 Å². The molecule has 1 aliphatic carbocycles. The van der Waals surface area contributed by atoms with Gasteiger partial charge >= 0.3 is 0 Å². The van der Waals surface area contributed by atoms with Gasteiger partial charge in [-0.05, 0) is 86.1 Å². The minimum absolute atomic E-state index is 0.626. The normalized spacial score (nSPS) is 11.8. The van der Waals surface area contributed by atoms with Gasteiger partial charge in [0.15, 0.2) is 17.5 Å². The summed E-state index contributed by atoms with van der Waals surface area (Å²) in [5.41, 5.74) is 13.4. The van der Waals surface area contributed by atoms with E-state index in [-0.39, 0.29) is 0 Å². The van der Waals surface area contributed by atoms with Crippen molar-refractivity contribution in [3.05, 3.63) is 170 Å². The molecule has 0 bridgehead atoms. The van der Waals surface area contributed by atoms with Crippen LogP contribution in [0.1, 0.15) is 0 Å². The van der Waals surface area contributed by atoms with Gasteiger partial charge < -0.3 is 0 Å². The maximum atomic E-state index is 5.14.